The van der Waals surface area contributed by atoms with Crippen LogP contribution in [0.2, 0.25) is 0 Å². The van der Waals surface area contributed by atoms with Gasteiger partial charge in [-0.2, -0.15) is 0 Å². The van der Waals surface area contributed by atoms with Crippen molar-refractivity contribution in [1.29, 1.82) is 0 Å². The molecule has 6 nitrogen and oxygen atoms in total. The van der Waals surface area contributed by atoms with E-state index in [9.17, 15) is 14.7 Å². The van der Waals surface area contributed by atoms with Crippen LogP contribution in [0.15, 0.2) is 15.8 Å². The summed E-state index contributed by atoms with van der Waals surface area (Å²) in [6, 6.07) is -0.139. The molecule has 3 atom stereocenters. The lowest BCUT2D eigenvalue weighted by atomic mass is 9.70. The molecule has 0 aliphatic heterocycles. The molecule has 0 amide bonds. The largest absolute Gasteiger partial charge is 0.396 e. The van der Waals surface area contributed by atoms with E-state index in [1.807, 2.05) is 0 Å². The topological polar surface area (TPSA) is 95.3 Å². The zero-order valence-corrected chi connectivity index (χ0v) is 9.59. The third-order valence-electron chi connectivity index (χ3n) is 3.59. The summed E-state index contributed by atoms with van der Waals surface area (Å²) in [5.74, 6) is -0.0906. The summed E-state index contributed by atoms with van der Waals surface area (Å²) in [6.07, 6.45) is 2.16. The summed E-state index contributed by atoms with van der Waals surface area (Å²) in [5, 5.41) is 18.3. The average Bonchev–Trinajstić information content (AvgIpc) is 2.25. The summed E-state index contributed by atoms with van der Waals surface area (Å²) in [4.78, 5) is 25.1. The van der Waals surface area contributed by atoms with Gasteiger partial charge in [0.1, 0.15) is 0 Å². The SMILES string of the molecule is Cc1cn(C2CC(CO)C2CO)c(=O)[nH]c1=O. The van der Waals surface area contributed by atoms with Crippen molar-refractivity contribution in [3.05, 3.63) is 32.6 Å². The number of nitrogens with zero attached hydrogens (tertiary/aromatic N) is 1. The summed E-state index contributed by atoms with van der Waals surface area (Å²) in [6.45, 7) is 1.57. The van der Waals surface area contributed by atoms with E-state index in [4.69, 9.17) is 5.11 Å². The van der Waals surface area contributed by atoms with Crippen LogP contribution in [0.5, 0.6) is 0 Å². The molecule has 3 N–H and O–H groups in total. The second kappa shape index (κ2) is 4.46. The molecule has 1 aromatic heterocycles. The normalized spacial score (nSPS) is 27.8. The zero-order chi connectivity index (χ0) is 12.6. The number of aromatic amines is 1. The van der Waals surface area contributed by atoms with Crippen molar-refractivity contribution in [3.8, 4) is 0 Å². The van der Waals surface area contributed by atoms with E-state index in [-0.39, 0.29) is 36.7 Å². The molecule has 6 heteroatoms. The second-order valence-electron chi connectivity index (χ2n) is 4.57. The molecule has 1 saturated carbocycles. The molecular formula is C11H16N2O4. The number of aliphatic hydroxyl groups is 2. The van der Waals surface area contributed by atoms with Crippen molar-refractivity contribution in [2.24, 2.45) is 11.8 Å². The maximum absolute atomic E-state index is 11.6. The molecule has 1 aliphatic rings. The van der Waals surface area contributed by atoms with Gasteiger partial charge in [0.15, 0.2) is 0 Å². The van der Waals surface area contributed by atoms with Gasteiger partial charge in [-0.15, -0.1) is 0 Å². The van der Waals surface area contributed by atoms with Crippen molar-refractivity contribution < 1.29 is 10.2 Å². The first-order valence-corrected chi connectivity index (χ1v) is 5.62. The predicted molar refractivity (Wildman–Crippen MR) is 60.9 cm³/mol. The first kappa shape index (κ1) is 12.1. The minimum absolute atomic E-state index is 0.0127. The summed E-state index contributed by atoms with van der Waals surface area (Å²) in [7, 11) is 0. The lowest BCUT2D eigenvalue weighted by molar-refractivity contribution is -0.00881. The number of aromatic nitrogens is 2. The lowest BCUT2D eigenvalue weighted by Crippen LogP contribution is -2.47. The third-order valence-corrected chi connectivity index (χ3v) is 3.59. The van der Waals surface area contributed by atoms with E-state index in [2.05, 4.69) is 4.98 Å². The summed E-state index contributed by atoms with van der Waals surface area (Å²) in [5.41, 5.74) is -0.376. The van der Waals surface area contributed by atoms with Crippen LogP contribution < -0.4 is 11.2 Å². The Morgan fingerprint density at radius 1 is 1.41 bits per heavy atom. The van der Waals surface area contributed by atoms with Crippen LogP contribution in [0.25, 0.3) is 0 Å². The van der Waals surface area contributed by atoms with Crippen molar-refractivity contribution in [3.63, 3.8) is 0 Å². The number of rotatable bonds is 3. The number of hydrogen-bond donors (Lipinski definition) is 3. The molecule has 0 spiro atoms. The Morgan fingerprint density at radius 3 is 2.71 bits per heavy atom. The summed E-state index contributed by atoms with van der Waals surface area (Å²) < 4.78 is 1.45. The minimum atomic E-state index is -0.458. The fourth-order valence-corrected chi connectivity index (χ4v) is 2.41. The van der Waals surface area contributed by atoms with Gasteiger partial charge in [-0.05, 0) is 19.3 Å². The number of aliphatic hydroxyl groups excluding tert-OH is 2. The molecule has 1 aromatic rings. The minimum Gasteiger partial charge on any atom is -0.396 e. The van der Waals surface area contributed by atoms with E-state index in [1.54, 1.807) is 6.92 Å². The molecule has 1 heterocycles. The van der Waals surface area contributed by atoms with Gasteiger partial charge in [-0.25, -0.2) is 4.79 Å². The second-order valence-corrected chi connectivity index (χ2v) is 4.57. The maximum Gasteiger partial charge on any atom is 0.328 e. The van der Waals surface area contributed by atoms with Gasteiger partial charge in [0, 0.05) is 36.9 Å². The molecule has 3 unspecified atom stereocenters. The van der Waals surface area contributed by atoms with E-state index in [1.165, 1.54) is 10.8 Å². The highest BCUT2D eigenvalue weighted by Gasteiger charge is 2.41. The third kappa shape index (κ3) is 1.94. The Bertz CT molecular complexity index is 519. The first-order chi connectivity index (χ1) is 8.08. The van der Waals surface area contributed by atoms with Crippen molar-refractivity contribution in [1.82, 2.24) is 9.55 Å². The van der Waals surface area contributed by atoms with Gasteiger partial charge in [-0.3, -0.25) is 14.3 Å². The molecule has 94 valence electrons. The van der Waals surface area contributed by atoms with Crippen molar-refractivity contribution in [2.75, 3.05) is 13.2 Å². The molecule has 0 saturated heterocycles. The van der Waals surface area contributed by atoms with Gasteiger partial charge in [0.2, 0.25) is 0 Å². The monoisotopic (exact) mass is 240 g/mol. The molecule has 1 aliphatic carbocycles. The lowest BCUT2D eigenvalue weighted by Gasteiger charge is -2.43. The molecule has 0 aromatic carbocycles. The van der Waals surface area contributed by atoms with E-state index in [0.717, 1.165) is 0 Å². The van der Waals surface area contributed by atoms with Crippen LogP contribution in [0, 0.1) is 18.8 Å². The molecule has 0 bridgehead atoms. The fourth-order valence-electron chi connectivity index (χ4n) is 2.41. The number of aryl methyl sites for hydroxylation is 1. The number of hydrogen-bond acceptors (Lipinski definition) is 4. The molecule has 0 radical (unpaired) electrons. The summed E-state index contributed by atoms with van der Waals surface area (Å²) >= 11 is 0. The van der Waals surface area contributed by atoms with Crippen LogP contribution in [-0.2, 0) is 0 Å². The van der Waals surface area contributed by atoms with E-state index in [0.29, 0.717) is 12.0 Å². The zero-order valence-electron chi connectivity index (χ0n) is 9.59. The van der Waals surface area contributed by atoms with Gasteiger partial charge >= 0.3 is 5.69 Å². The maximum atomic E-state index is 11.6. The van der Waals surface area contributed by atoms with Gasteiger partial charge in [-0.1, -0.05) is 0 Å². The molecule has 2 rings (SSSR count). The predicted octanol–water partition coefficient (Wildman–Crippen LogP) is -0.993. The Labute approximate surface area is 97.5 Å². The number of H-pyrrole nitrogens is 1. The van der Waals surface area contributed by atoms with Gasteiger partial charge in [0.25, 0.3) is 5.56 Å². The molecule has 1 fully saturated rings. The standard InChI is InChI=1S/C11H16N2O4/c1-6-3-13(11(17)12-10(6)16)9-2-7(4-14)8(9)5-15/h3,7-9,14-15H,2,4-5H2,1H3,(H,12,16,17). The van der Waals surface area contributed by atoms with E-state index < -0.39 is 5.69 Å². The van der Waals surface area contributed by atoms with Gasteiger partial charge < -0.3 is 10.2 Å². The van der Waals surface area contributed by atoms with Crippen LogP contribution in [-0.4, -0.2) is 33.0 Å². The molecular weight excluding hydrogens is 224 g/mol. The van der Waals surface area contributed by atoms with Crippen LogP contribution in [0.3, 0.4) is 0 Å². The smallest absolute Gasteiger partial charge is 0.328 e. The van der Waals surface area contributed by atoms with Crippen LogP contribution in [0.4, 0.5) is 0 Å². The Balaban J connectivity index is 2.33. The first-order valence-electron chi connectivity index (χ1n) is 5.62. The van der Waals surface area contributed by atoms with Crippen molar-refractivity contribution in [2.45, 2.75) is 19.4 Å². The quantitative estimate of drug-likeness (QED) is 0.632. The van der Waals surface area contributed by atoms with Crippen LogP contribution >= 0.6 is 0 Å². The Kier molecular flexibility index (Phi) is 3.17. The molecule has 17 heavy (non-hydrogen) atoms. The average molecular weight is 240 g/mol. The van der Waals surface area contributed by atoms with E-state index >= 15 is 0 Å². The fraction of sp³-hybridized carbons (Fsp3) is 0.636. The Morgan fingerprint density at radius 2 is 2.12 bits per heavy atom. The highest BCUT2D eigenvalue weighted by molar-refractivity contribution is 5.04. The van der Waals surface area contributed by atoms with Gasteiger partial charge in [0.05, 0.1) is 0 Å². The van der Waals surface area contributed by atoms with Crippen molar-refractivity contribution >= 4 is 0 Å². The highest BCUT2D eigenvalue weighted by atomic mass is 16.3. The van der Waals surface area contributed by atoms with Crippen LogP contribution in [0.1, 0.15) is 18.0 Å². The Hall–Kier alpha value is -1.40. The highest BCUT2D eigenvalue weighted by Crippen LogP contribution is 2.42. The number of nitrogens with one attached hydrogen (secondary N) is 1.